The molecule has 0 saturated carbocycles. The molecule has 0 aliphatic carbocycles. The minimum atomic E-state index is -0.338. The normalized spacial score (nSPS) is 11.9. The second kappa shape index (κ2) is 10.00. The summed E-state index contributed by atoms with van der Waals surface area (Å²) in [4.78, 5) is 12.5. The molecule has 1 heterocycles. The zero-order valence-electron chi connectivity index (χ0n) is 17.5. The largest absolute Gasteiger partial charge is 0.481 e. The predicted octanol–water partition coefficient (Wildman–Crippen LogP) is 5.44. The van der Waals surface area contributed by atoms with Gasteiger partial charge in [-0.25, -0.2) is 0 Å². The van der Waals surface area contributed by atoms with Crippen LogP contribution in [0.5, 0.6) is 5.75 Å². The average molecular weight is 445 g/mol. The molecule has 30 heavy (non-hydrogen) atoms. The number of carbonyl (C=O) groups is 1. The van der Waals surface area contributed by atoms with Crippen molar-refractivity contribution in [3.05, 3.63) is 64.4 Å². The van der Waals surface area contributed by atoms with E-state index in [1.54, 1.807) is 6.07 Å². The molecule has 0 aliphatic heterocycles. The predicted molar refractivity (Wildman–Crippen MR) is 121 cm³/mol. The minimum absolute atomic E-state index is 0.0787. The number of nitrogens with one attached hydrogen (secondary N) is 1. The third kappa shape index (κ3) is 5.15. The summed E-state index contributed by atoms with van der Waals surface area (Å²) in [5.41, 5.74) is 2.94. The number of amides is 1. The fraction of sp³-hybridized carbons (Fsp3) is 0.318. The number of halogens is 1. The van der Waals surface area contributed by atoms with Crippen LogP contribution in [0, 0.1) is 13.8 Å². The molecule has 0 saturated heterocycles. The van der Waals surface area contributed by atoms with Gasteiger partial charge in [0.05, 0.1) is 10.8 Å². The van der Waals surface area contributed by atoms with E-state index < -0.39 is 0 Å². The molecule has 3 aromatic rings. The van der Waals surface area contributed by atoms with Gasteiger partial charge in [0.1, 0.15) is 5.75 Å². The van der Waals surface area contributed by atoms with Crippen LogP contribution in [-0.4, -0.2) is 26.4 Å². The molecule has 0 fully saturated rings. The topological polar surface area (TPSA) is 69.0 Å². The first-order chi connectivity index (χ1) is 14.4. The summed E-state index contributed by atoms with van der Waals surface area (Å²) in [6.45, 7) is 8.54. The van der Waals surface area contributed by atoms with Gasteiger partial charge in [0.2, 0.25) is 5.91 Å². The first-order valence-corrected chi connectivity index (χ1v) is 11.1. The molecule has 0 unspecified atom stereocenters. The van der Waals surface area contributed by atoms with Crippen LogP contribution in [0.2, 0.25) is 5.02 Å². The number of ether oxygens (including phenoxy) is 1. The van der Waals surface area contributed by atoms with Crippen LogP contribution < -0.4 is 10.1 Å². The van der Waals surface area contributed by atoms with E-state index in [9.17, 15) is 4.79 Å². The van der Waals surface area contributed by atoms with E-state index in [-0.39, 0.29) is 17.8 Å². The summed E-state index contributed by atoms with van der Waals surface area (Å²) in [5.74, 6) is 1.45. The fourth-order valence-corrected chi connectivity index (χ4v) is 4.10. The highest BCUT2D eigenvalue weighted by atomic mass is 35.5. The van der Waals surface area contributed by atoms with Gasteiger partial charge in [-0.3, -0.25) is 4.79 Å². The summed E-state index contributed by atoms with van der Waals surface area (Å²) in [7, 11) is 0. The molecular weight excluding hydrogens is 420 g/mol. The highest BCUT2D eigenvalue weighted by Gasteiger charge is 2.20. The summed E-state index contributed by atoms with van der Waals surface area (Å²) >= 11 is 7.55. The van der Waals surface area contributed by atoms with Crippen LogP contribution in [0.1, 0.15) is 36.9 Å². The van der Waals surface area contributed by atoms with E-state index in [1.807, 2.05) is 68.7 Å². The van der Waals surface area contributed by atoms with Crippen molar-refractivity contribution in [2.75, 3.05) is 11.1 Å². The molecule has 1 amide bonds. The molecule has 3 rings (SSSR count). The third-order valence-electron chi connectivity index (χ3n) is 4.64. The molecule has 1 aromatic heterocycles. The van der Waals surface area contributed by atoms with Crippen LogP contribution in [0.15, 0.2) is 47.6 Å². The first kappa shape index (κ1) is 22.2. The van der Waals surface area contributed by atoms with E-state index in [2.05, 4.69) is 15.5 Å². The molecular formula is C22H25ClN4O2S. The number of para-hydroxylation sites is 2. The summed E-state index contributed by atoms with van der Waals surface area (Å²) in [5, 5.41) is 12.8. The van der Waals surface area contributed by atoms with Crippen molar-refractivity contribution < 1.29 is 9.53 Å². The zero-order valence-corrected chi connectivity index (χ0v) is 19.0. The smallest absolute Gasteiger partial charge is 0.234 e. The third-order valence-corrected chi connectivity index (χ3v) is 5.92. The molecule has 1 atom stereocenters. The van der Waals surface area contributed by atoms with Crippen molar-refractivity contribution in [3.8, 4) is 5.75 Å². The Balaban J connectivity index is 1.67. The Hall–Kier alpha value is -2.51. The highest BCUT2D eigenvalue weighted by Crippen LogP contribution is 2.29. The zero-order chi connectivity index (χ0) is 21.7. The number of nitrogens with zero attached hydrogens (tertiary/aromatic N) is 3. The van der Waals surface area contributed by atoms with Crippen molar-refractivity contribution in [2.45, 2.75) is 45.5 Å². The molecule has 1 N–H and O–H groups in total. The lowest BCUT2D eigenvalue weighted by atomic mass is 10.1. The van der Waals surface area contributed by atoms with Crippen LogP contribution in [0.3, 0.4) is 0 Å². The number of aryl methyl sites for hydroxylation is 2. The Kier molecular flexibility index (Phi) is 7.39. The Morgan fingerprint density at radius 1 is 1.17 bits per heavy atom. The lowest BCUT2D eigenvalue weighted by molar-refractivity contribution is -0.113. The average Bonchev–Trinajstić information content (AvgIpc) is 3.14. The monoisotopic (exact) mass is 444 g/mol. The molecule has 158 valence electrons. The minimum Gasteiger partial charge on any atom is -0.481 e. The number of thioether (sulfide) groups is 1. The molecule has 2 aromatic carbocycles. The SMILES string of the molecule is CCn1c(SCC(=O)Nc2c(C)cccc2C)nnc1[C@@H](C)Oc1ccccc1Cl. The number of carbonyl (C=O) groups excluding carboxylic acids is 1. The maximum Gasteiger partial charge on any atom is 0.234 e. The van der Waals surface area contributed by atoms with Gasteiger partial charge >= 0.3 is 0 Å². The Bertz CT molecular complexity index is 1020. The highest BCUT2D eigenvalue weighted by molar-refractivity contribution is 7.99. The summed E-state index contributed by atoms with van der Waals surface area (Å²) in [6, 6.07) is 13.3. The van der Waals surface area contributed by atoms with Crippen molar-refractivity contribution in [2.24, 2.45) is 0 Å². The van der Waals surface area contributed by atoms with Crippen molar-refractivity contribution in [3.63, 3.8) is 0 Å². The Morgan fingerprint density at radius 3 is 2.53 bits per heavy atom. The van der Waals surface area contributed by atoms with E-state index in [1.165, 1.54) is 11.8 Å². The maximum atomic E-state index is 12.5. The second-order valence-electron chi connectivity index (χ2n) is 6.88. The van der Waals surface area contributed by atoms with Crippen molar-refractivity contribution in [1.29, 1.82) is 0 Å². The van der Waals surface area contributed by atoms with Crippen LogP contribution >= 0.6 is 23.4 Å². The lowest BCUT2D eigenvalue weighted by Crippen LogP contribution is -2.16. The lowest BCUT2D eigenvalue weighted by Gasteiger charge is -2.16. The van der Waals surface area contributed by atoms with Gasteiger partial charge in [0, 0.05) is 12.2 Å². The maximum absolute atomic E-state index is 12.5. The van der Waals surface area contributed by atoms with Gasteiger partial charge in [-0.05, 0) is 51.0 Å². The van der Waals surface area contributed by atoms with Crippen LogP contribution in [0.25, 0.3) is 0 Å². The number of aromatic nitrogens is 3. The molecule has 0 spiro atoms. The van der Waals surface area contributed by atoms with Gasteiger partial charge in [-0.1, -0.05) is 53.7 Å². The van der Waals surface area contributed by atoms with Gasteiger partial charge < -0.3 is 14.6 Å². The molecule has 0 aliphatic rings. The van der Waals surface area contributed by atoms with E-state index >= 15 is 0 Å². The molecule has 8 heteroatoms. The number of hydrogen-bond donors (Lipinski definition) is 1. The van der Waals surface area contributed by atoms with E-state index in [0.717, 1.165) is 16.8 Å². The van der Waals surface area contributed by atoms with Gasteiger partial charge in [-0.15, -0.1) is 10.2 Å². The van der Waals surface area contributed by atoms with Gasteiger partial charge in [0.15, 0.2) is 17.1 Å². The van der Waals surface area contributed by atoms with E-state index in [0.29, 0.717) is 28.3 Å². The fourth-order valence-electron chi connectivity index (χ4n) is 3.11. The Morgan fingerprint density at radius 2 is 1.87 bits per heavy atom. The number of hydrogen-bond acceptors (Lipinski definition) is 5. The number of rotatable bonds is 8. The summed E-state index contributed by atoms with van der Waals surface area (Å²) < 4.78 is 7.93. The van der Waals surface area contributed by atoms with Crippen LogP contribution in [0.4, 0.5) is 5.69 Å². The van der Waals surface area contributed by atoms with Crippen molar-refractivity contribution in [1.82, 2.24) is 14.8 Å². The molecule has 6 nitrogen and oxygen atoms in total. The van der Waals surface area contributed by atoms with Crippen LogP contribution in [-0.2, 0) is 11.3 Å². The van der Waals surface area contributed by atoms with Crippen molar-refractivity contribution >= 4 is 35.0 Å². The molecule has 0 bridgehead atoms. The first-order valence-electron chi connectivity index (χ1n) is 9.73. The van der Waals surface area contributed by atoms with Gasteiger partial charge in [0.25, 0.3) is 0 Å². The number of anilines is 1. The Labute approximate surface area is 186 Å². The number of benzene rings is 2. The standard InChI is InChI=1S/C22H25ClN4O2S/c1-5-27-21(16(4)29-18-12-7-6-11-17(18)23)25-26-22(27)30-13-19(28)24-20-14(2)9-8-10-15(20)3/h6-12,16H,5,13H2,1-4H3,(H,24,28)/t16-/m1/s1. The summed E-state index contributed by atoms with van der Waals surface area (Å²) in [6.07, 6.45) is -0.338. The van der Waals surface area contributed by atoms with E-state index in [4.69, 9.17) is 16.3 Å². The second-order valence-corrected chi connectivity index (χ2v) is 8.23. The quantitative estimate of drug-likeness (QED) is 0.468. The van der Waals surface area contributed by atoms with Gasteiger partial charge in [-0.2, -0.15) is 0 Å². The molecule has 0 radical (unpaired) electrons.